The van der Waals surface area contributed by atoms with Gasteiger partial charge in [-0.1, -0.05) is 75.0 Å². The highest BCUT2D eigenvalue weighted by Crippen LogP contribution is 2.75. The molecule has 174 valence electrons. The van der Waals surface area contributed by atoms with Crippen LogP contribution in [0.1, 0.15) is 94.4 Å². The van der Waals surface area contributed by atoms with Gasteiger partial charge in [-0.3, -0.25) is 0 Å². The van der Waals surface area contributed by atoms with Crippen molar-refractivity contribution in [1.29, 1.82) is 0 Å². The van der Waals surface area contributed by atoms with Crippen molar-refractivity contribution in [3.05, 3.63) is 33.4 Å². The van der Waals surface area contributed by atoms with Crippen LogP contribution >= 0.6 is 0 Å². The normalized spacial score (nSPS) is 46.9. The van der Waals surface area contributed by atoms with E-state index < -0.39 is 0 Å². The third-order valence-electron chi connectivity index (χ3n) is 13.0. The fourth-order valence-electron chi connectivity index (χ4n) is 10.7. The van der Waals surface area contributed by atoms with E-state index in [1.54, 1.807) is 27.9 Å². The Hall–Kier alpha value is -1.11. The Labute approximate surface area is 196 Å². The fraction of sp³-hybridized carbons (Fsp3) is 0.774. The number of rotatable bonds is 3. The monoisotopic (exact) mass is 432 g/mol. The summed E-state index contributed by atoms with van der Waals surface area (Å²) in [7, 11) is 0. The summed E-state index contributed by atoms with van der Waals surface area (Å²) in [6.07, 6.45) is 7.93. The molecule has 1 heteroatoms. The Balaban J connectivity index is 1.55. The second-order valence-corrected chi connectivity index (χ2v) is 14.4. The van der Waals surface area contributed by atoms with E-state index in [1.165, 1.54) is 44.0 Å². The van der Waals surface area contributed by atoms with Crippen molar-refractivity contribution in [2.24, 2.45) is 57.2 Å². The predicted molar refractivity (Wildman–Crippen MR) is 132 cm³/mol. The number of hydrogen-bond donors (Lipinski definition) is 0. The lowest BCUT2D eigenvalue weighted by Gasteiger charge is -2.69. The quantitative estimate of drug-likeness (QED) is 0.327. The number of hydrogen-bond acceptors (Lipinski definition) is 1. The molecule has 32 heavy (non-hydrogen) atoms. The lowest BCUT2D eigenvalue weighted by atomic mass is 9.35. The first-order valence-corrected chi connectivity index (χ1v) is 13.4. The summed E-state index contributed by atoms with van der Waals surface area (Å²) in [5.41, 5.74) is 11.5. The maximum atomic E-state index is 12.0. The summed E-state index contributed by atoms with van der Waals surface area (Å²) in [4.78, 5) is 12.0. The molecule has 7 unspecified atom stereocenters. The van der Waals surface area contributed by atoms with Crippen molar-refractivity contribution in [3.63, 3.8) is 0 Å². The van der Waals surface area contributed by atoms with Gasteiger partial charge in [0.2, 0.25) is 0 Å². The van der Waals surface area contributed by atoms with Crippen molar-refractivity contribution in [1.82, 2.24) is 0 Å². The van der Waals surface area contributed by atoms with E-state index in [1.807, 2.05) is 0 Å². The molecular weight excluding hydrogens is 388 g/mol. The largest absolute Gasteiger partial charge is 0.303 e. The highest BCUT2D eigenvalue weighted by Gasteiger charge is 2.66. The van der Waals surface area contributed by atoms with Gasteiger partial charge < -0.3 is 4.79 Å². The van der Waals surface area contributed by atoms with E-state index in [9.17, 15) is 4.79 Å². The molecule has 1 nitrogen and oxygen atoms in total. The first kappa shape index (κ1) is 21.4. The molecule has 9 aliphatic rings. The molecule has 0 aromatic heterocycles. The molecule has 3 saturated carbocycles. The van der Waals surface area contributed by atoms with E-state index in [0.29, 0.717) is 28.6 Å². The lowest BCUT2D eigenvalue weighted by molar-refractivity contribution is -0.120. The topological polar surface area (TPSA) is 17.1 Å². The fourth-order valence-corrected chi connectivity index (χ4v) is 10.7. The molecule has 0 aromatic carbocycles. The lowest BCUT2D eigenvalue weighted by Crippen LogP contribution is -2.61. The van der Waals surface area contributed by atoms with Crippen LogP contribution in [0.3, 0.4) is 0 Å². The molecule has 0 amide bonds. The average molecular weight is 433 g/mol. The zero-order valence-corrected chi connectivity index (χ0v) is 22.0. The molecule has 0 aromatic rings. The van der Waals surface area contributed by atoms with Gasteiger partial charge in [-0.25, -0.2) is 0 Å². The summed E-state index contributed by atoms with van der Waals surface area (Å²) in [5, 5.41) is 0. The summed E-state index contributed by atoms with van der Waals surface area (Å²) in [6.45, 7) is 22.3. The van der Waals surface area contributed by atoms with Crippen molar-refractivity contribution in [2.45, 2.75) is 94.4 Å². The molecule has 0 radical (unpaired) electrons. The molecule has 3 fully saturated rings. The van der Waals surface area contributed by atoms with Crippen LogP contribution in [0.2, 0.25) is 0 Å². The van der Waals surface area contributed by atoms with Crippen LogP contribution in [0, 0.1) is 57.2 Å². The molecule has 0 saturated heterocycles. The molecule has 9 aliphatic carbocycles. The molecule has 0 aliphatic heterocycles. The molecule has 9 rings (SSSR count). The van der Waals surface area contributed by atoms with E-state index in [2.05, 4.69) is 62.3 Å². The molecule has 0 spiro atoms. The second-order valence-electron chi connectivity index (χ2n) is 14.4. The first-order chi connectivity index (χ1) is 14.8. The summed E-state index contributed by atoms with van der Waals surface area (Å²) >= 11 is 0. The minimum absolute atomic E-state index is 0.193. The van der Waals surface area contributed by atoms with Gasteiger partial charge >= 0.3 is 0 Å². The van der Waals surface area contributed by atoms with Gasteiger partial charge in [-0.15, -0.1) is 0 Å². The van der Waals surface area contributed by atoms with Crippen LogP contribution in [0.15, 0.2) is 33.4 Å². The maximum absolute atomic E-state index is 12.0. The standard InChI is InChI=1S/C31H44O/c1-16-22-10-19(28(22,4)5)11-23(16)31(14-20-12-25(18(31)3)29(20,6)7)24-13-26-21(15-32)27(17(24)2)30(26,8)9/h15,19-21,23-24,26H,10-14H2,1-9H3. The maximum Gasteiger partial charge on any atom is 0.127 e. The Kier molecular flexibility index (Phi) is 3.97. The molecule has 6 bridgehead atoms. The highest BCUT2D eigenvalue weighted by atomic mass is 16.1. The van der Waals surface area contributed by atoms with Crippen molar-refractivity contribution in [3.8, 4) is 0 Å². The SMILES string of the molecule is CC1=C2CC(CC1C1(C3CC4C(C=O)C(=C3C)C4(C)C)CC3CC(=C1C)C3(C)C)C2(C)C. The molecule has 7 atom stereocenters. The Morgan fingerprint density at radius 3 is 1.84 bits per heavy atom. The Morgan fingerprint density at radius 2 is 1.34 bits per heavy atom. The number of aldehydes is 1. The van der Waals surface area contributed by atoms with E-state index in [0.717, 1.165) is 11.8 Å². The summed E-state index contributed by atoms with van der Waals surface area (Å²) < 4.78 is 0. The van der Waals surface area contributed by atoms with Crippen LogP contribution in [-0.4, -0.2) is 6.29 Å². The van der Waals surface area contributed by atoms with Crippen molar-refractivity contribution >= 4 is 6.29 Å². The van der Waals surface area contributed by atoms with E-state index in [-0.39, 0.29) is 16.7 Å². The molecular formula is C31H44O. The molecule has 0 N–H and O–H groups in total. The van der Waals surface area contributed by atoms with Crippen LogP contribution in [0.5, 0.6) is 0 Å². The molecule has 0 heterocycles. The van der Waals surface area contributed by atoms with Crippen LogP contribution in [0.4, 0.5) is 0 Å². The minimum Gasteiger partial charge on any atom is -0.303 e. The van der Waals surface area contributed by atoms with Crippen molar-refractivity contribution in [2.75, 3.05) is 0 Å². The highest BCUT2D eigenvalue weighted by molar-refractivity contribution is 5.67. The zero-order chi connectivity index (χ0) is 23.2. The Morgan fingerprint density at radius 1 is 0.750 bits per heavy atom. The van der Waals surface area contributed by atoms with Gasteiger partial charge in [-0.2, -0.15) is 0 Å². The van der Waals surface area contributed by atoms with Gasteiger partial charge in [-0.05, 0) is 98.7 Å². The first-order valence-electron chi connectivity index (χ1n) is 13.4. The van der Waals surface area contributed by atoms with Crippen LogP contribution in [0.25, 0.3) is 0 Å². The summed E-state index contributed by atoms with van der Waals surface area (Å²) in [6, 6.07) is 0. The second kappa shape index (κ2) is 5.92. The number of carbonyl (C=O) groups excluding carboxylic acids is 1. The number of fused-ring (bicyclic) bond motifs is 8. The minimum atomic E-state index is 0.193. The zero-order valence-electron chi connectivity index (χ0n) is 22.0. The van der Waals surface area contributed by atoms with Crippen LogP contribution < -0.4 is 0 Å². The van der Waals surface area contributed by atoms with E-state index >= 15 is 0 Å². The van der Waals surface area contributed by atoms with Crippen molar-refractivity contribution < 1.29 is 4.79 Å². The van der Waals surface area contributed by atoms with Gasteiger partial charge in [0.25, 0.3) is 0 Å². The van der Waals surface area contributed by atoms with Gasteiger partial charge in [0.1, 0.15) is 6.29 Å². The average Bonchev–Trinajstić information content (AvgIpc) is 2.72. The number of carbonyl (C=O) groups is 1. The Bertz CT molecular complexity index is 1030. The van der Waals surface area contributed by atoms with Gasteiger partial charge in [0.15, 0.2) is 0 Å². The van der Waals surface area contributed by atoms with Gasteiger partial charge in [0.05, 0.1) is 0 Å². The third kappa shape index (κ3) is 2.08. The smallest absolute Gasteiger partial charge is 0.127 e. The predicted octanol–water partition coefficient (Wildman–Crippen LogP) is 7.93. The summed E-state index contributed by atoms with van der Waals surface area (Å²) in [5.74, 6) is 3.75. The van der Waals surface area contributed by atoms with Crippen LogP contribution in [-0.2, 0) is 4.79 Å². The van der Waals surface area contributed by atoms with Gasteiger partial charge in [0, 0.05) is 11.3 Å². The number of allylic oxidation sites excluding steroid dienone is 6. The third-order valence-corrected chi connectivity index (χ3v) is 13.0. The van der Waals surface area contributed by atoms with E-state index in [4.69, 9.17) is 0 Å².